The number of carbonyl (C=O) groups is 2. The zero-order valence-corrected chi connectivity index (χ0v) is 20.0. The van der Waals surface area contributed by atoms with Crippen LogP contribution in [0, 0.1) is 5.92 Å². The van der Waals surface area contributed by atoms with Gasteiger partial charge in [-0.1, -0.05) is 26.0 Å². The number of carbonyl (C=O) groups excluding carboxylic acids is 2. The SMILES string of the molecule is CCOc1cccc(N2C(=O)C(=O)/C(=C(/O)c3ccc(OCC(C)C)cc3)C2c2ccccn2)c1. The molecule has 4 rings (SSSR count). The van der Waals surface area contributed by atoms with Crippen molar-refractivity contribution in [1.82, 2.24) is 4.98 Å². The van der Waals surface area contributed by atoms with Crippen LogP contribution in [0.25, 0.3) is 5.76 Å². The fourth-order valence-corrected chi connectivity index (χ4v) is 3.93. The van der Waals surface area contributed by atoms with Crippen molar-refractivity contribution in [1.29, 1.82) is 0 Å². The molecule has 1 amide bonds. The van der Waals surface area contributed by atoms with Crippen LogP contribution >= 0.6 is 0 Å². The molecule has 35 heavy (non-hydrogen) atoms. The third-order valence-corrected chi connectivity index (χ3v) is 5.53. The second kappa shape index (κ2) is 10.4. The number of aliphatic hydroxyl groups excluding tert-OH is 1. The Labute approximate surface area is 204 Å². The predicted molar refractivity (Wildman–Crippen MR) is 133 cm³/mol. The molecule has 180 valence electrons. The van der Waals surface area contributed by atoms with Crippen LogP contribution in [-0.4, -0.2) is 35.0 Å². The van der Waals surface area contributed by atoms with Crippen LogP contribution in [0.5, 0.6) is 11.5 Å². The number of pyridine rings is 1. The molecule has 1 fully saturated rings. The number of ketones is 1. The van der Waals surface area contributed by atoms with Crippen LogP contribution in [0.3, 0.4) is 0 Å². The normalized spacial score (nSPS) is 17.1. The Kier molecular flexibility index (Phi) is 7.15. The quantitative estimate of drug-likeness (QED) is 0.277. The summed E-state index contributed by atoms with van der Waals surface area (Å²) in [5, 5.41) is 11.2. The lowest BCUT2D eigenvalue weighted by Crippen LogP contribution is -2.29. The second-order valence-corrected chi connectivity index (χ2v) is 8.58. The monoisotopic (exact) mass is 472 g/mol. The summed E-state index contributed by atoms with van der Waals surface area (Å²) in [5.41, 5.74) is 1.33. The summed E-state index contributed by atoms with van der Waals surface area (Å²) >= 11 is 0. The molecule has 0 aliphatic carbocycles. The maximum Gasteiger partial charge on any atom is 0.300 e. The molecule has 2 heterocycles. The average molecular weight is 473 g/mol. The van der Waals surface area contributed by atoms with Crippen LogP contribution in [0.4, 0.5) is 5.69 Å². The summed E-state index contributed by atoms with van der Waals surface area (Å²) in [5.74, 6) is -0.183. The van der Waals surface area contributed by atoms with Crippen LogP contribution in [0.2, 0.25) is 0 Å². The average Bonchev–Trinajstić information content (AvgIpc) is 3.14. The molecule has 2 aromatic carbocycles. The summed E-state index contributed by atoms with van der Waals surface area (Å²) in [6.07, 6.45) is 1.59. The van der Waals surface area contributed by atoms with Gasteiger partial charge in [0, 0.05) is 23.5 Å². The van der Waals surface area contributed by atoms with Crippen molar-refractivity contribution in [2.24, 2.45) is 5.92 Å². The van der Waals surface area contributed by atoms with Crippen LogP contribution < -0.4 is 14.4 Å². The fraction of sp³-hybridized carbons (Fsp3) is 0.250. The zero-order valence-electron chi connectivity index (χ0n) is 20.0. The second-order valence-electron chi connectivity index (χ2n) is 8.58. The number of nitrogens with zero attached hydrogens (tertiary/aromatic N) is 2. The molecule has 3 aromatic rings. The fourth-order valence-electron chi connectivity index (χ4n) is 3.93. The minimum Gasteiger partial charge on any atom is -0.507 e. The van der Waals surface area contributed by atoms with E-state index in [9.17, 15) is 14.7 Å². The van der Waals surface area contributed by atoms with Gasteiger partial charge in [-0.25, -0.2) is 0 Å². The van der Waals surface area contributed by atoms with E-state index in [0.717, 1.165) is 0 Å². The highest BCUT2D eigenvalue weighted by atomic mass is 16.5. The van der Waals surface area contributed by atoms with E-state index in [1.807, 2.05) is 6.92 Å². The topological polar surface area (TPSA) is 89.0 Å². The van der Waals surface area contributed by atoms with Crippen molar-refractivity contribution in [2.75, 3.05) is 18.1 Å². The van der Waals surface area contributed by atoms with E-state index in [1.165, 1.54) is 4.90 Å². The Hall–Kier alpha value is -4.13. The first-order valence-electron chi connectivity index (χ1n) is 11.6. The number of benzene rings is 2. The highest BCUT2D eigenvalue weighted by Crippen LogP contribution is 2.42. The lowest BCUT2D eigenvalue weighted by atomic mass is 9.98. The molecular formula is C28H28N2O5. The first-order valence-corrected chi connectivity index (χ1v) is 11.6. The van der Waals surface area contributed by atoms with Gasteiger partial charge in [-0.05, 0) is 61.4 Å². The molecule has 0 radical (unpaired) electrons. The van der Waals surface area contributed by atoms with Gasteiger partial charge in [0.25, 0.3) is 11.7 Å². The lowest BCUT2D eigenvalue weighted by Gasteiger charge is -2.25. The Bertz CT molecular complexity index is 1240. The van der Waals surface area contributed by atoms with Crippen molar-refractivity contribution < 1.29 is 24.2 Å². The van der Waals surface area contributed by atoms with Crippen molar-refractivity contribution >= 4 is 23.1 Å². The molecule has 0 spiro atoms. The summed E-state index contributed by atoms with van der Waals surface area (Å²) in [6, 6.07) is 18.1. The highest BCUT2D eigenvalue weighted by molar-refractivity contribution is 6.51. The number of anilines is 1. The number of amides is 1. The van der Waals surface area contributed by atoms with E-state index in [4.69, 9.17) is 9.47 Å². The van der Waals surface area contributed by atoms with E-state index in [-0.39, 0.29) is 11.3 Å². The standard InChI is InChI=1S/C28H28N2O5/c1-4-34-22-9-7-8-20(16-22)30-25(23-10-5-6-15-29-23)24(27(32)28(30)33)26(31)19-11-13-21(14-12-19)35-17-18(2)3/h5-16,18,25,31H,4,17H2,1-3H3/b26-24+. The Morgan fingerprint density at radius 3 is 2.43 bits per heavy atom. The first-order chi connectivity index (χ1) is 16.9. The Morgan fingerprint density at radius 1 is 1.00 bits per heavy atom. The number of ether oxygens (including phenoxy) is 2. The van der Waals surface area contributed by atoms with Gasteiger partial charge in [0.2, 0.25) is 0 Å². The highest BCUT2D eigenvalue weighted by Gasteiger charge is 2.47. The van der Waals surface area contributed by atoms with Crippen LogP contribution in [0.15, 0.2) is 78.5 Å². The van der Waals surface area contributed by atoms with Crippen molar-refractivity contribution in [3.63, 3.8) is 0 Å². The zero-order chi connectivity index (χ0) is 24.9. The van der Waals surface area contributed by atoms with Crippen molar-refractivity contribution in [3.8, 4) is 11.5 Å². The molecule has 1 N–H and O–H groups in total. The molecule has 1 aliphatic rings. The Balaban J connectivity index is 1.79. The number of rotatable bonds is 8. The van der Waals surface area contributed by atoms with Gasteiger partial charge >= 0.3 is 0 Å². The van der Waals surface area contributed by atoms with Crippen LogP contribution in [-0.2, 0) is 9.59 Å². The van der Waals surface area contributed by atoms with E-state index in [0.29, 0.717) is 47.6 Å². The van der Waals surface area contributed by atoms with Gasteiger partial charge in [-0.15, -0.1) is 0 Å². The van der Waals surface area contributed by atoms with Gasteiger partial charge in [-0.2, -0.15) is 0 Å². The molecule has 0 saturated carbocycles. The van der Waals surface area contributed by atoms with E-state index in [1.54, 1.807) is 72.9 Å². The molecule has 0 bridgehead atoms. The first kappa shape index (κ1) is 24.0. The summed E-state index contributed by atoms with van der Waals surface area (Å²) < 4.78 is 11.3. The maximum atomic E-state index is 13.3. The third kappa shape index (κ3) is 5.04. The van der Waals surface area contributed by atoms with E-state index in [2.05, 4.69) is 18.8 Å². The van der Waals surface area contributed by atoms with Gasteiger partial charge in [0.1, 0.15) is 23.3 Å². The number of hydrogen-bond acceptors (Lipinski definition) is 6. The minimum absolute atomic E-state index is 0.0219. The molecular weight excluding hydrogens is 444 g/mol. The lowest BCUT2D eigenvalue weighted by molar-refractivity contribution is -0.132. The minimum atomic E-state index is -0.898. The van der Waals surface area contributed by atoms with Gasteiger partial charge in [0.15, 0.2) is 0 Å². The van der Waals surface area contributed by atoms with Gasteiger partial charge in [0.05, 0.1) is 24.5 Å². The van der Waals surface area contributed by atoms with E-state index < -0.39 is 17.7 Å². The smallest absolute Gasteiger partial charge is 0.300 e. The molecule has 7 nitrogen and oxygen atoms in total. The number of hydrogen-bond donors (Lipinski definition) is 1. The van der Waals surface area contributed by atoms with E-state index >= 15 is 0 Å². The maximum absolute atomic E-state index is 13.3. The third-order valence-electron chi connectivity index (χ3n) is 5.53. The molecule has 1 aliphatic heterocycles. The van der Waals surface area contributed by atoms with Gasteiger partial charge in [-0.3, -0.25) is 19.5 Å². The summed E-state index contributed by atoms with van der Waals surface area (Å²) in [4.78, 5) is 32.3. The molecule has 1 aromatic heterocycles. The molecule has 1 saturated heterocycles. The predicted octanol–water partition coefficient (Wildman–Crippen LogP) is 5.14. The van der Waals surface area contributed by atoms with Crippen LogP contribution in [0.1, 0.15) is 38.1 Å². The number of aromatic nitrogens is 1. The molecule has 1 atom stereocenters. The van der Waals surface area contributed by atoms with Crippen molar-refractivity contribution in [3.05, 3.63) is 89.8 Å². The molecule has 1 unspecified atom stereocenters. The largest absolute Gasteiger partial charge is 0.507 e. The Morgan fingerprint density at radius 2 is 1.77 bits per heavy atom. The summed E-state index contributed by atoms with van der Waals surface area (Å²) in [7, 11) is 0. The molecule has 7 heteroatoms. The number of aliphatic hydroxyl groups is 1. The summed E-state index contributed by atoms with van der Waals surface area (Å²) in [6.45, 7) is 7.01. The van der Waals surface area contributed by atoms with Gasteiger partial charge < -0.3 is 14.6 Å². The van der Waals surface area contributed by atoms with Crippen molar-refractivity contribution in [2.45, 2.75) is 26.8 Å². The number of Topliss-reactive ketones (excluding diaryl/α,β-unsaturated/α-hetero) is 1.